The first-order chi connectivity index (χ1) is 17.1. The van der Waals surface area contributed by atoms with Crippen molar-refractivity contribution < 1.29 is 18.9 Å². The summed E-state index contributed by atoms with van der Waals surface area (Å²) in [5.41, 5.74) is 3.21. The van der Waals surface area contributed by atoms with E-state index in [9.17, 15) is 0 Å². The van der Waals surface area contributed by atoms with Gasteiger partial charge in [-0.1, -0.05) is 62.7 Å². The molecule has 0 aliphatic carbocycles. The summed E-state index contributed by atoms with van der Waals surface area (Å²) < 4.78 is 22.0. The monoisotopic (exact) mass is 462 g/mol. The van der Waals surface area contributed by atoms with Gasteiger partial charge in [0.25, 0.3) is 0 Å². The van der Waals surface area contributed by atoms with Crippen molar-refractivity contribution in [1.29, 1.82) is 0 Å². The number of hydrogen-bond acceptors (Lipinski definition) is 4. The van der Waals surface area contributed by atoms with E-state index < -0.39 is 0 Å². The van der Waals surface area contributed by atoms with E-state index in [4.69, 9.17) is 18.9 Å². The zero-order valence-corrected chi connectivity index (χ0v) is 19.6. The number of fused-ring (bicyclic) bond motifs is 3. The Morgan fingerprint density at radius 3 is 1.80 bits per heavy atom. The molecule has 0 aromatic heterocycles. The van der Waals surface area contributed by atoms with E-state index in [-0.39, 0.29) is 0 Å². The van der Waals surface area contributed by atoms with Gasteiger partial charge < -0.3 is 18.9 Å². The van der Waals surface area contributed by atoms with Crippen LogP contribution in [0, 0.1) is 0 Å². The summed E-state index contributed by atoms with van der Waals surface area (Å²) in [5, 5.41) is 4.34. The van der Waals surface area contributed by atoms with Crippen LogP contribution in [0.4, 0.5) is 0 Å². The van der Waals surface area contributed by atoms with Crippen LogP contribution in [0.15, 0.2) is 112 Å². The molecule has 0 N–H and O–H groups in total. The van der Waals surface area contributed by atoms with E-state index in [0.29, 0.717) is 23.0 Å². The summed E-state index contributed by atoms with van der Waals surface area (Å²) in [7, 11) is 0. The number of benzene rings is 4. The Kier molecular flexibility index (Phi) is 7.03. The molecular weight excluding hydrogens is 436 g/mol. The zero-order valence-electron chi connectivity index (χ0n) is 19.6. The first kappa shape index (κ1) is 23.5. The average Bonchev–Trinajstić information content (AvgIpc) is 2.86. The van der Waals surface area contributed by atoms with Crippen molar-refractivity contribution in [3.8, 4) is 23.0 Å². The molecule has 0 radical (unpaired) electrons. The van der Waals surface area contributed by atoms with Crippen LogP contribution in [0.3, 0.4) is 0 Å². The van der Waals surface area contributed by atoms with Crippen LogP contribution in [0.5, 0.6) is 23.0 Å². The Labute approximate surface area is 205 Å². The maximum atomic E-state index is 5.58. The van der Waals surface area contributed by atoms with E-state index in [1.54, 1.807) is 0 Å². The SMILES string of the molecule is C=COc1ccc(C=C(C)c2ccc3c(ccc4cc(OC=C)c(OC=C)cc43)c2)cc1OC=C. The molecular formula is C31H26O4. The third-order valence-electron chi connectivity index (χ3n) is 5.55. The minimum Gasteiger partial charge on any atom is -0.462 e. The summed E-state index contributed by atoms with van der Waals surface area (Å²) in [6.07, 6.45) is 7.61. The fourth-order valence-electron chi connectivity index (χ4n) is 4.00. The van der Waals surface area contributed by atoms with Crippen molar-refractivity contribution in [1.82, 2.24) is 0 Å². The van der Waals surface area contributed by atoms with Gasteiger partial charge in [0.15, 0.2) is 23.0 Å². The molecule has 0 fully saturated rings. The van der Waals surface area contributed by atoms with Gasteiger partial charge in [0.2, 0.25) is 0 Å². The zero-order chi connectivity index (χ0) is 24.8. The fraction of sp³-hybridized carbons (Fsp3) is 0.0323. The van der Waals surface area contributed by atoms with Crippen LogP contribution in [0.25, 0.3) is 33.2 Å². The molecule has 4 heteroatoms. The molecule has 4 aromatic rings. The van der Waals surface area contributed by atoms with Gasteiger partial charge in [-0.25, -0.2) is 0 Å². The third-order valence-corrected chi connectivity index (χ3v) is 5.55. The Hall–Kier alpha value is -4.70. The van der Waals surface area contributed by atoms with Crippen molar-refractivity contribution in [2.24, 2.45) is 0 Å². The second-order valence-electron chi connectivity index (χ2n) is 7.69. The lowest BCUT2D eigenvalue weighted by Crippen LogP contribution is -1.90. The summed E-state index contributed by atoms with van der Waals surface area (Å²) >= 11 is 0. The normalized spacial score (nSPS) is 11.1. The van der Waals surface area contributed by atoms with Gasteiger partial charge in [-0.3, -0.25) is 0 Å². The van der Waals surface area contributed by atoms with Gasteiger partial charge in [0, 0.05) is 0 Å². The molecule has 0 amide bonds. The maximum absolute atomic E-state index is 5.58. The number of hydrogen-bond donors (Lipinski definition) is 0. The Balaban J connectivity index is 1.74. The van der Waals surface area contributed by atoms with Crippen molar-refractivity contribution in [2.45, 2.75) is 6.92 Å². The van der Waals surface area contributed by atoms with E-state index in [1.165, 1.54) is 25.0 Å². The molecule has 0 aliphatic heterocycles. The molecule has 0 aliphatic rings. The van der Waals surface area contributed by atoms with E-state index >= 15 is 0 Å². The Bertz CT molecular complexity index is 1480. The molecule has 35 heavy (non-hydrogen) atoms. The fourth-order valence-corrected chi connectivity index (χ4v) is 4.00. The molecule has 0 heterocycles. The molecule has 174 valence electrons. The lowest BCUT2D eigenvalue weighted by Gasteiger charge is -2.12. The van der Waals surface area contributed by atoms with Crippen molar-refractivity contribution in [3.63, 3.8) is 0 Å². The van der Waals surface area contributed by atoms with Crippen LogP contribution in [-0.2, 0) is 0 Å². The van der Waals surface area contributed by atoms with Gasteiger partial charge in [0.05, 0.1) is 25.0 Å². The largest absolute Gasteiger partial charge is 0.462 e. The van der Waals surface area contributed by atoms with Gasteiger partial charge in [-0.05, 0) is 75.5 Å². The van der Waals surface area contributed by atoms with E-state index in [0.717, 1.165) is 38.2 Å². The molecule has 4 rings (SSSR count). The van der Waals surface area contributed by atoms with Crippen LogP contribution in [0.1, 0.15) is 18.1 Å². The molecule has 0 saturated carbocycles. The second kappa shape index (κ2) is 10.5. The minimum atomic E-state index is 0.573. The predicted octanol–water partition coefficient (Wildman–Crippen LogP) is 8.64. The maximum Gasteiger partial charge on any atom is 0.169 e. The molecule has 0 unspecified atom stereocenters. The number of ether oxygens (including phenoxy) is 4. The molecule has 0 atom stereocenters. The van der Waals surface area contributed by atoms with Gasteiger partial charge in [-0.15, -0.1) is 0 Å². The van der Waals surface area contributed by atoms with Gasteiger partial charge >= 0.3 is 0 Å². The van der Waals surface area contributed by atoms with Crippen molar-refractivity contribution >= 4 is 33.2 Å². The highest BCUT2D eigenvalue weighted by molar-refractivity contribution is 6.09. The van der Waals surface area contributed by atoms with Gasteiger partial charge in [-0.2, -0.15) is 0 Å². The summed E-state index contributed by atoms with van der Waals surface area (Å²) in [5.74, 6) is 2.32. The minimum absolute atomic E-state index is 0.573. The average molecular weight is 463 g/mol. The summed E-state index contributed by atoms with van der Waals surface area (Å²) in [6.45, 7) is 16.6. The standard InChI is InChI=1S/C31H26O4/c1-6-32-28-15-10-22(17-29(28)33-7-2)16-21(5)23-13-14-26-24(18-23)11-12-25-19-30(34-8-3)31(35-9-4)20-27(25)26/h6-20H,1-4H2,5H3. The first-order valence-corrected chi connectivity index (χ1v) is 11.0. The highest BCUT2D eigenvalue weighted by Gasteiger charge is 2.11. The second-order valence-corrected chi connectivity index (χ2v) is 7.69. The topological polar surface area (TPSA) is 36.9 Å². The highest BCUT2D eigenvalue weighted by atomic mass is 16.5. The van der Waals surface area contributed by atoms with Crippen molar-refractivity contribution in [3.05, 3.63) is 123 Å². The molecule has 0 saturated heterocycles. The predicted molar refractivity (Wildman–Crippen MR) is 145 cm³/mol. The van der Waals surface area contributed by atoms with Crippen LogP contribution < -0.4 is 18.9 Å². The lowest BCUT2D eigenvalue weighted by molar-refractivity contribution is 0.418. The molecule has 4 aromatic carbocycles. The first-order valence-electron chi connectivity index (χ1n) is 11.0. The van der Waals surface area contributed by atoms with Gasteiger partial charge in [0.1, 0.15) is 0 Å². The lowest BCUT2D eigenvalue weighted by atomic mass is 9.96. The molecule has 0 spiro atoms. The summed E-state index contributed by atoms with van der Waals surface area (Å²) in [4.78, 5) is 0. The van der Waals surface area contributed by atoms with E-state index in [1.807, 2.05) is 30.3 Å². The smallest absolute Gasteiger partial charge is 0.169 e. The van der Waals surface area contributed by atoms with Crippen LogP contribution in [0.2, 0.25) is 0 Å². The molecule has 0 bridgehead atoms. The quantitative estimate of drug-likeness (QED) is 0.134. The van der Waals surface area contributed by atoms with Crippen molar-refractivity contribution in [2.75, 3.05) is 0 Å². The third kappa shape index (κ3) is 4.97. The Morgan fingerprint density at radius 1 is 0.571 bits per heavy atom. The van der Waals surface area contributed by atoms with E-state index in [2.05, 4.69) is 69.6 Å². The number of rotatable bonds is 10. The van der Waals surface area contributed by atoms with Crippen LogP contribution in [-0.4, -0.2) is 0 Å². The molecule has 4 nitrogen and oxygen atoms in total. The number of allylic oxidation sites excluding steroid dienone is 1. The Morgan fingerprint density at radius 2 is 1.14 bits per heavy atom. The van der Waals surface area contributed by atoms with Crippen LogP contribution >= 0.6 is 0 Å². The highest BCUT2D eigenvalue weighted by Crippen LogP contribution is 2.37. The summed E-state index contributed by atoms with van der Waals surface area (Å²) in [6, 6.07) is 20.2.